The Bertz CT molecular complexity index is 1230. The molecule has 38 heavy (non-hydrogen) atoms. The van der Waals surface area contributed by atoms with E-state index in [1.807, 2.05) is 139 Å². The van der Waals surface area contributed by atoms with Crippen LogP contribution in [0, 0.1) is 0 Å². The average Bonchev–Trinajstić information content (AvgIpc) is 3.19. The van der Waals surface area contributed by atoms with Gasteiger partial charge in [0, 0.05) is 38.8 Å². The highest BCUT2D eigenvalue weighted by Crippen LogP contribution is 2.62. The van der Waals surface area contributed by atoms with E-state index in [0.29, 0.717) is 12.3 Å². The topological polar surface area (TPSA) is 52.6 Å². The van der Waals surface area contributed by atoms with Crippen molar-refractivity contribution in [1.29, 1.82) is 0 Å². The Morgan fingerprint density at radius 2 is 0.921 bits per heavy atom. The van der Waals surface area contributed by atoms with Gasteiger partial charge in [0.1, 0.15) is 14.3 Å². The lowest BCUT2D eigenvalue weighted by Gasteiger charge is -2.36. The number of ether oxygens (including phenoxy) is 2. The highest BCUT2D eigenvalue weighted by Gasteiger charge is 2.53. The van der Waals surface area contributed by atoms with Crippen molar-refractivity contribution in [1.82, 2.24) is 0 Å². The molecule has 3 aromatic rings. The molecule has 1 aliphatic heterocycles. The van der Waals surface area contributed by atoms with Gasteiger partial charge in [-0.2, -0.15) is 0 Å². The third-order valence-electron chi connectivity index (χ3n) is 7.85. The van der Waals surface area contributed by atoms with Crippen molar-refractivity contribution < 1.29 is 18.6 Å². The van der Waals surface area contributed by atoms with Crippen LogP contribution in [0.25, 0.3) is 0 Å². The lowest BCUT2D eigenvalue weighted by molar-refractivity contribution is -0.166. The minimum Gasteiger partial charge on any atom is -0.340 e. The van der Waals surface area contributed by atoms with E-state index in [1.165, 1.54) is 0 Å². The molecule has 0 saturated carbocycles. The van der Waals surface area contributed by atoms with Crippen molar-refractivity contribution in [2.24, 2.45) is 0 Å². The number of benzene rings is 3. The van der Waals surface area contributed by atoms with Crippen LogP contribution in [0.3, 0.4) is 0 Å². The first-order valence-electron chi connectivity index (χ1n) is 13.4. The SMILES string of the molecule is CC1(c2ccccc2)O[C@H](CP(=O)(c2ccccc2)C(C)(C)C)[C@@H](CP(=O)(c2ccccc2)C(C)(C)C)O1. The van der Waals surface area contributed by atoms with Gasteiger partial charge in [0.25, 0.3) is 0 Å². The van der Waals surface area contributed by atoms with E-state index in [4.69, 9.17) is 9.47 Å². The second kappa shape index (κ2) is 10.5. The molecule has 1 heterocycles. The summed E-state index contributed by atoms with van der Waals surface area (Å²) >= 11 is 0. The fourth-order valence-corrected chi connectivity index (χ4v) is 11.3. The van der Waals surface area contributed by atoms with Gasteiger partial charge in [-0.25, -0.2) is 0 Å². The monoisotopic (exact) mass is 552 g/mol. The van der Waals surface area contributed by atoms with Gasteiger partial charge in [-0.1, -0.05) is 133 Å². The lowest BCUT2D eigenvalue weighted by atomic mass is 10.1. The Labute approximate surface area is 228 Å². The maximum absolute atomic E-state index is 14.9. The average molecular weight is 553 g/mol. The van der Waals surface area contributed by atoms with E-state index in [1.54, 1.807) is 0 Å². The van der Waals surface area contributed by atoms with Crippen LogP contribution in [0.5, 0.6) is 0 Å². The van der Waals surface area contributed by atoms with Crippen molar-refractivity contribution >= 4 is 24.9 Å². The molecule has 1 saturated heterocycles. The summed E-state index contributed by atoms with van der Waals surface area (Å²) in [6.45, 7) is 14.1. The van der Waals surface area contributed by atoms with Gasteiger partial charge < -0.3 is 18.6 Å². The summed E-state index contributed by atoms with van der Waals surface area (Å²) in [4.78, 5) is 0. The van der Waals surface area contributed by atoms with Gasteiger partial charge in [-0.3, -0.25) is 0 Å². The highest BCUT2D eigenvalue weighted by molar-refractivity contribution is 7.73. The van der Waals surface area contributed by atoms with Crippen LogP contribution >= 0.6 is 14.3 Å². The van der Waals surface area contributed by atoms with E-state index >= 15 is 0 Å². The predicted octanol–water partition coefficient (Wildman–Crippen LogP) is 7.62. The number of hydrogen-bond donors (Lipinski definition) is 0. The largest absolute Gasteiger partial charge is 0.340 e. The number of rotatable bonds is 7. The highest BCUT2D eigenvalue weighted by atomic mass is 31.2. The zero-order valence-electron chi connectivity index (χ0n) is 23.8. The van der Waals surface area contributed by atoms with Gasteiger partial charge in [0.2, 0.25) is 0 Å². The van der Waals surface area contributed by atoms with Crippen LogP contribution in [-0.2, 0) is 24.4 Å². The molecule has 0 spiro atoms. The van der Waals surface area contributed by atoms with Crippen LogP contribution in [0.15, 0.2) is 91.0 Å². The second-order valence-electron chi connectivity index (χ2n) is 12.5. The maximum atomic E-state index is 14.9. The normalized spacial score (nSPS) is 25.4. The smallest absolute Gasteiger partial charge is 0.192 e. The lowest BCUT2D eigenvalue weighted by Crippen LogP contribution is -2.38. The Hall–Kier alpha value is -1.96. The molecular weight excluding hydrogens is 510 g/mol. The molecule has 0 aromatic heterocycles. The van der Waals surface area contributed by atoms with Crippen LogP contribution in [-0.4, -0.2) is 34.8 Å². The van der Waals surface area contributed by atoms with Crippen LogP contribution < -0.4 is 10.6 Å². The van der Waals surface area contributed by atoms with Gasteiger partial charge in [-0.15, -0.1) is 0 Å². The second-order valence-corrected chi connectivity index (χ2v) is 19.9. The molecule has 4 nitrogen and oxygen atoms in total. The van der Waals surface area contributed by atoms with Crippen molar-refractivity contribution in [3.05, 3.63) is 96.6 Å². The third-order valence-corrected chi connectivity index (χ3v) is 16.2. The molecule has 0 bridgehead atoms. The summed E-state index contributed by atoms with van der Waals surface area (Å²) in [5.41, 5.74) is 0.892. The Kier molecular flexibility index (Phi) is 8.06. The molecule has 6 heteroatoms. The first-order valence-corrected chi connectivity index (χ1v) is 17.2. The molecule has 3 aromatic carbocycles. The van der Waals surface area contributed by atoms with Crippen LogP contribution in [0.1, 0.15) is 54.0 Å². The summed E-state index contributed by atoms with van der Waals surface area (Å²) < 4.78 is 43.3. The van der Waals surface area contributed by atoms with E-state index in [9.17, 15) is 9.13 Å². The maximum Gasteiger partial charge on any atom is 0.192 e. The molecule has 4 rings (SSSR count). The first-order chi connectivity index (χ1) is 17.7. The predicted molar refractivity (Wildman–Crippen MR) is 160 cm³/mol. The third kappa shape index (κ3) is 5.52. The fourth-order valence-electron chi connectivity index (χ4n) is 5.32. The zero-order valence-corrected chi connectivity index (χ0v) is 25.5. The molecule has 0 radical (unpaired) electrons. The molecule has 2 unspecified atom stereocenters. The Morgan fingerprint density at radius 3 is 1.24 bits per heavy atom. The zero-order chi connectivity index (χ0) is 27.8. The van der Waals surface area contributed by atoms with Crippen molar-refractivity contribution in [2.45, 2.75) is 76.8 Å². The standard InChI is InChI=1S/C32H42O4P2/c1-30(2,3)37(33,26-19-13-9-14-20-26)23-28-29(36-32(7,35-28)25-17-11-8-12-18-25)24-38(34,31(4,5)6)27-21-15-10-16-22-27/h8-22,28-29H,23-24H2,1-7H3/t28-,29-,32?,37?,38?/m1/s1. The summed E-state index contributed by atoms with van der Waals surface area (Å²) in [6, 6.07) is 29.3. The van der Waals surface area contributed by atoms with E-state index in [0.717, 1.165) is 16.2 Å². The fraction of sp³-hybridized carbons (Fsp3) is 0.438. The number of hydrogen-bond acceptors (Lipinski definition) is 4. The summed E-state index contributed by atoms with van der Waals surface area (Å²) in [7, 11) is -5.93. The van der Waals surface area contributed by atoms with Crippen molar-refractivity contribution in [3.63, 3.8) is 0 Å². The molecule has 0 N–H and O–H groups in total. The molecule has 4 atom stereocenters. The molecule has 204 valence electrons. The quantitative estimate of drug-likeness (QED) is 0.283. The van der Waals surface area contributed by atoms with Gasteiger partial charge in [0.05, 0.1) is 12.2 Å². The molecule has 1 fully saturated rings. The van der Waals surface area contributed by atoms with E-state index in [2.05, 4.69) is 0 Å². The molecule has 0 amide bonds. The molecule has 0 aliphatic carbocycles. The van der Waals surface area contributed by atoms with Crippen LogP contribution in [0.2, 0.25) is 0 Å². The minimum absolute atomic E-state index is 0.312. The minimum atomic E-state index is -2.96. The first kappa shape index (κ1) is 29.0. The summed E-state index contributed by atoms with van der Waals surface area (Å²) in [5, 5.41) is 0.706. The van der Waals surface area contributed by atoms with E-state index < -0.39 is 42.6 Å². The summed E-state index contributed by atoms with van der Waals surface area (Å²) in [5.74, 6) is -1.03. The van der Waals surface area contributed by atoms with Gasteiger partial charge >= 0.3 is 0 Å². The van der Waals surface area contributed by atoms with Gasteiger partial charge in [-0.05, 0) is 6.92 Å². The Balaban J connectivity index is 1.80. The van der Waals surface area contributed by atoms with Gasteiger partial charge in [0.15, 0.2) is 5.79 Å². The Morgan fingerprint density at radius 1 is 0.605 bits per heavy atom. The van der Waals surface area contributed by atoms with Crippen molar-refractivity contribution in [3.8, 4) is 0 Å². The van der Waals surface area contributed by atoms with E-state index in [-0.39, 0.29) is 0 Å². The molecular formula is C32H42O4P2. The molecule has 1 aliphatic rings. The summed E-state index contributed by atoms with van der Waals surface area (Å²) in [6.07, 6.45) is -0.367. The van der Waals surface area contributed by atoms with Crippen LogP contribution in [0.4, 0.5) is 0 Å². The van der Waals surface area contributed by atoms with Crippen molar-refractivity contribution in [2.75, 3.05) is 12.3 Å².